The Morgan fingerprint density at radius 2 is 1.58 bits per heavy atom. The Hall–Kier alpha value is -0.900. The molecule has 3 unspecified atom stereocenters. The Labute approximate surface area is 147 Å². The number of amides is 1. The average Bonchev–Trinajstić information content (AvgIpc) is 2.43. The summed E-state index contributed by atoms with van der Waals surface area (Å²) in [7, 11) is 0. The topological polar surface area (TPSA) is 49.4 Å². The number of Topliss-reactive ketones (excluding diaryl/α,β-unsaturated/α-hetero) is 1. The minimum absolute atomic E-state index is 0.0910. The smallest absolute Gasteiger partial charge is 0.237 e. The largest absolute Gasteiger partial charge is 0.350 e. The highest BCUT2D eigenvalue weighted by atomic mass is 16.2. The van der Waals surface area contributed by atoms with E-state index in [1.165, 1.54) is 25.7 Å². The summed E-state index contributed by atoms with van der Waals surface area (Å²) in [5, 5.41) is 3.13. The summed E-state index contributed by atoms with van der Waals surface area (Å²) >= 11 is 0. The van der Waals surface area contributed by atoms with Crippen molar-refractivity contribution in [3.05, 3.63) is 0 Å². The number of piperidine rings is 1. The second kappa shape index (κ2) is 7.15. The molecule has 1 aliphatic carbocycles. The summed E-state index contributed by atoms with van der Waals surface area (Å²) < 4.78 is 0. The van der Waals surface area contributed by atoms with Crippen LogP contribution in [0.4, 0.5) is 0 Å². The molecule has 4 nitrogen and oxygen atoms in total. The van der Waals surface area contributed by atoms with E-state index in [2.05, 4.69) is 10.2 Å². The minimum atomic E-state index is -0.353. The van der Waals surface area contributed by atoms with Gasteiger partial charge in [-0.3, -0.25) is 14.5 Å². The third-order valence-electron chi connectivity index (χ3n) is 5.49. The SMILES string of the molecule is CC(C)(C)NC(=O)C1CC2CCCCC2CN1CC(=O)C(C)(C)C. The summed E-state index contributed by atoms with van der Waals surface area (Å²) in [6.07, 6.45) is 5.98. The number of fused-ring (bicyclic) bond motifs is 1. The Morgan fingerprint density at radius 3 is 2.12 bits per heavy atom. The molecule has 2 rings (SSSR count). The van der Waals surface area contributed by atoms with Gasteiger partial charge in [-0.05, 0) is 45.4 Å². The molecule has 3 atom stereocenters. The van der Waals surface area contributed by atoms with Gasteiger partial charge in [0.15, 0.2) is 5.78 Å². The lowest BCUT2D eigenvalue weighted by atomic mass is 9.72. The standard InChI is InChI=1S/C20H36N2O2/c1-19(2,3)17(23)13-22-12-15-10-8-7-9-14(15)11-16(22)18(24)21-20(4,5)6/h14-16H,7-13H2,1-6H3,(H,21,24). The van der Waals surface area contributed by atoms with Crippen LogP contribution in [0.15, 0.2) is 0 Å². The first kappa shape index (κ1) is 19.4. The van der Waals surface area contributed by atoms with Gasteiger partial charge >= 0.3 is 0 Å². The lowest BCUT2D eigenvalue weighted by Crippen LogP contribution is -2.58. The maximum atomic E-state index is 12.9. The van der Waals surface area contributed by atoms with Crippen LogP contribution in [0.3, 0.4) is 0 Å². The lowest BCUT2D eigenvalue weighted by molar-refractivity contribution is -0.136. The molecule has 0 aromatic heterocycles. The molecule has 1 saturated carbocycles. The zero-order valence-corrected chi connectivity index (χ0v) is 16.4. The molecule has 1 heterocycles. The molecular weight excluding hydrogens is 300 g/mol. The number of rotatable bonds is 3. The summed E-state index contributed by atoms with van der Waals surface area (Å²) in [6.45, 7) is 13.2. The minimum Gasteiger partial charge on any atom is -0.350 e. The van der Waals surface area contributed by atoms with Crippen LogP contribution < -0.4 is 5.32 Å². The third-order valence-corrected chi connectivity index (χ3v) is 5.49. The van der Waals surface area contributed by atoms with Gasteiger partial charge in [0, 0.05) is 17.5 Å². The van der Waals surface area contributed by atoms with E-state index in [0.29, 0.717) is 18.4 Å². The van der Waals surface area contributed by atoms with Crippen LogP contribution in [0.25, 0.3) is 0 Å². The van der Waals surface area contributed by atoms with Crippen molar-refractivity contribution in [3.63, 3.8) is 0 Å². The van der Waals surface area contributed by atoms with Gasteiger partial charge in [0.2, 0.25) is 5.91 Å². The molecule has 1 amide bonds. The monoisotopic (exact) mass is 336 g/mol. The molecule has 0 radical (unpaired) electrons. The molecule has 2 fully saturated rings. The van der Waals surface area contributed by atoms with Gasteiger partial charge in [0.1, 0.15) is 0 Å². The molecular formula is C20H36N2O2. The van der Waals surface area contributed by atoms with E-state index < -0.39 is 0 Å². The Morgan fingerprint density at radius 1 is 1.00 bits per heavy atom. The van der Waals surface area contributed by atoms with Crippen molar-refractivity contribution in [1.82, 2.24) is 10.2 Å². The Balaban J connectivity index is 2.15. The van der Waals surface area contributed by atoms with Crippen molar-refractivity contribution in [1.29, 1.82) is 0 Å². The van der Waals surface area contributed by atoms with Gasteiger partial charge in [0.25, 0.3) is 0 Å². The molecule has 0 aromatic carbocycles. The number of hydrogen-bond acceptors (Lipinski definition) is 3. The van der Waals surface area contributed by atoms with E-state index in [0.717, 1.165) is 13.0 Å². The normalized spacial score (nSPS) is 29.0. The van der Waals surface area contributed by atoms with Gasteiger partial charge in [-0.1, -0.05) is 40.0 Å². The molecule has 2 aliphatic rings. The van der Waals surface area contributed by atoms with Gasteiger partial charge in [-0.2, -0.15) is 0 Å². The van der Waals surface area contributed by atoms with E-state index >= 15 is 0 Å². The van der Waals surface area contributed by atoms with Crippen LogP contribution in [0.5, 0.6) is 0 Å². The Bertz CT molecular complexity index is 473. The zero-order valence-electron chi connectivity index (χ0n) is 16.4. The summed E-state index contributed by atoms with van der Waals surface area (Å²) in [6, 6.07) is -0.158. The maximum Gasteiger partial charge on any atom is 0.237 e. The quantitative estimate of drug-likeness (QED) is 0.859. The van der Waals surface area contributed by atoms with E-state index in [-0.39, 0.29) is 28.7 Å². The third kappa shape index (κ3) is 5.05. The first-order valence-electron chi connectivity index (χ1n) is 9.57. The molecule has 4 heteroatoms. The zero-order chi connectivity index (χ0) is 18.1. The van der Waals surface area contributed by atoms with E-state index in [9.17, 15) is 9.59 Å². The number of hydrogen-bond donors (Lipinski definition) is 1. The first-order chi connectivity index (χ1) is 11.0. The van der Waals surface area contributed by atoms with E-state index in [1.54, 1.807) is 0 Å². The first-order valence-corrected chi connectivity index (χ1v) is 9.57. The number of ketones is 1. The van der Waals surface area contributed by atoms with Crippen LogP contribution in [0.2, 0.25) is 0 Å². The molecule has 0 aromatic rings. The predicted octanol–water partition coefficient (Wildman–Crippen LogP) is 3.40. The molecule has 138 valence electrons. The molecule has 1 saturated heterocycles. The van der Waals surface area contributed by atoms with Crippen molar-refractivity contribution in [2.45, 2.75) is 85.2 Å². The van der Waals surface area contributed by atoms with Gasteiger partial charge in [-0.15, -0.1) is 0 Å². The van der Waals surface area contributed by atoms with Gasteiger partial charge in [-0.25, -0.2) is 0 Å². The van der Waals surface area contributed by atoms with Crippen molar-refractivity contribution in [3.8, 4) is 0 Å². The number of likely N-dealkylation sites (tertiary alicyclic amines) is 1. The fourth-order valence-electron chi connectivity index (χ4n) is 4.02. The van der Waals surface area contributed by atoms with Crippen molar-refractivity contribution < 1.29 is 9.59 Å². The van der Waals surface area contributed by atoms with Gasteiger partial charge < -0.3 is 5.32 Å². The number of carbonyl (C=O) groups is 2. The van der Waals surface area contributed by atoms with Crippen LogP contribution in [0.1, 0.15) is 73.6 Å². The van der Waals surface area contributed by atoms with Crippen molar-refractivity contribution in [2.24, 2.45) is 17.3 Å². The highest BCUT2D eigenvalue weighted by Gasteiger charge is 2.41. The van der Waals surface area contributed by atoms with Gasteiger partial charge in [0.05, 0.1) is 12.6 Å². The van der Waals surface area contributed by atoms with Crippen LogP contribution in [-0.4, -0.2) is 41.3 Å². The highest BCUT2D eigenvalue weighted by molar-refractivity contribution is 5.87. The summed E-state index contributed by atoms with van der Waals surface area (Å²) in [5.41, 5.74) is -0.589. The van der Waals surface area contributed by atoms with Crippen molar-refractivity contribution in [2.75, 3.05) is 13.1 Å². The van der Waals surface area contributed by atoms with Crippen LogP contribution in [-0.2, 0) is 9.59 Å². The molecule has 24 heavy (non-hydrogen) atoms. The molecule has 0 spiro atoms. The number of nitrogens with zero attached hydrogens (tertiary/aromatic N) is 1. The van der Waals surface area contributed by atoms with E-state index in [1.807, 2.05) is 41.5 Å². The second-order valence-electron chi connectivity index (χ2n) is 9.90. The fraction of sp³-hybridized carbons (Fsp3) is 0.900. The summed E-state index contributed by atoms with van der Waals surface area (Å²) in [4.78, 5) is 27.6. The predicted molar refractivity (Wildman–Crippen MR) is 97.8 cm³/mol. The second-order valence-corrected chi connectivity index (χ2v) is 9.90. The fourth-order valence-corrected chi connectivity index (χ4v) is 4.02. The Kier molecular flexibility index (Phi) is 5.79. The van der Waals surface area contributed by atoms with Crippen LogP contribution in [0, 0.1) is 17.3 Å². The highest BCUT2D eigenvalue weighted by Crippen LogP contribution is 2.39. The molecule has 1 N–H and O–H groups in total. The van der Waals surface area contributed by atoms with E-state index in [4.69, 9.17) is 0 Å². The average molecular weight is 337 g/mol. The maximum absolute atomic E-state index is 12.9. The number of carbonyl (C=O) groups excluding carboxylic acids is 2. The molecule has 0 bridgehead atoms. The number of nitrogens with one attached hydrogen (secondary N) is 1. The van der Waals surface area contributed by atoms with Crippen molar-refractivity contribution >= 4 is 11.7 Å². The molecule has 1 aliphatic heterocycles. The lowest BCUT2D eigenvalue weighted by Gasteiger charge is -2.46. The summed E-state index contributed by atoms with van der Waals surface area (Å²) in [5.74, 6) is 1.62. The van der Waals surface area contributed by atoms with Crippen LogP contribution >= 0.6 is 0 Å².